The fourth-order valence-corrected chi connectivity index (χ4v) is 4.60. The van der Waals surface area contributed by atoms with E-state index in [2.05, 4.69) is 15.7 Å². The summed E-state index contributed by atoms with van der Waals surface area (Å²) < 4.78 is 1.66. The quantitative estimate of drug-likeness (QED) is 0.381. The summed E-state index contributed by atoms with van der Waals surface area (Å²) in [5.41, 5.74) is 2.59. The van der Waals surface area contributed by atoms with Gasteiger partial charge < -0.3 is 25.5 Å². The Kier molecular flexibility index (Phi) is 8.98. The lowest BCUT2D eigenvalue weighted by Crippen LogP contribution is -2.50. The van der Waals surface area contributed by atoms with Crippen LogP contribution in [-0.2, 0) is 11.3 Å². The number of aliphatic hydroxyl groups is 1. The lowest BCUT2D eigenvalue weighted by Gasteiger charge is -2.29. The summed E-state index contributed by atoms with van der Waals surface area (Å²) >= 11 is 6.55. The maximum atomic E-state index is 13.7. The molecule has 0 aliphatic carbocycles. The lowest BCUT2D eigenvalue weighted by atomic mass is 10.1. The maximum absolute atomic E-state index is 13.7. The number of carbonyl (C=O) groups excluding carboxylic acids is 3. The molecular weight excluding hydrogens is 508 g/mol. The van der Waals surface area contributed by atoms with Gasteiger partial charge in [0.1, 0.15) is 0 Å². The van der Waals surface area contributed by atoms with E-state index in [1.54, 1.807) is 51.1 Å². The summed E-state index contributed by atoms with van der Waals surface area (Å²) in [5, 5.41) is 18.7. The number of nitrogens with one attached hydrogen (secondary N) is 2. The first kappa shape index (κ1) is 27.2. The predicted octanol–water partition coefficient (Wildman–Crippen LogP) is 2.97. The number of hydrogen-bond donors (Lipinski definition) is 3. The molecule has 38 heavy (non-hydrogen) atoms. The second-order valence-electron chi connectivity index (χ2n) is 9.08. The van der Waals surface area contributed by atoms with Gasteiger partial charge in [-0.05, 0) is 55.7 Å². The number of para-hydroxylation sites is 1. The van der Waals surface area contributed by atoms with Gasteiger partial charge in [-0.2, -0.15) is 5.10 Å². The molecular formula is C27H31ClN6O4. The van der Waals surface area contributed by atoms with Crippen LogP contribution in [0.25, 0.3) is 5.69 Å². The molecule has 0 bridgehead atoms. The van der Waals surface area contributed by atoms with E-state index in [0.717, 1.165) is 11.3 Å². The molecule has 1 atom stereocenters. The molecule has 3 N–H and O–H groups in total. The van der Waals surface area contributed by atoms with Crippen LogP contribution in [0.2, 0.25) is 5.02 Å². The number of rotatable bonds is 8. The summed E-state index contributed by atoms with van der Waals surface area (Å²) in [6.45, 7) is 2.73. The SMILES string of the molecule is C[C@@H]1CN(C(=O)c2ccc(-n3cccn3)cc2Cl)c2ccccc2CN1C(=O)NCC(=O)NCCCCO. The van der Waals surface area contributed by atoms with Crippen molar-refractivity contribution in [3.05, 3.63) is 77.1 Å². The Morgan fingerprint density at radius 1 is 1.11 bits per heavy atom. The zero-order valence-electron chi connectivity index (χ0n) is 21.1. The minimum absolute atomic E-state index is 0.0727. The number of carbonyl (C=O) groups is 3. The normalized spacial score (nSPS) is 15.0. The van der Waals surface area contributed by atoms with Gasteiger partial charge in [-0.15, -0.1) is 0 Å². The molecule has 0 unspecified atom stereocenters. The molecule has 1 aliphatic heterocycles. The molecule has 0 fully saturated rings. The fraction of sp³-hybridized carbons (Fsp3) is 0.333. The molecule has 200 valence electrons. The number of halogens is 1. The summed E-state index contributed by atoms with van der Waals surface area (Å²) in [7, 11) is 0. The number of benzene rings is 2. The highest BCUT2D eigenvalue weighted by Gasteiger charge is 2.32. The van der Waals surface area contributed by atoms with Crippen LogP contribution in [0.3, 0.4) is 0 Å². The van der Waals surface area contributed by atoms with Gasteiger partial charge in [0.25, 0.3) is 5.91 Å². The van der Waals surface area contributed by atoms with E-state index in [9.17, 15) is 14.4 Å². The van der Waals surface area contributed by atoms with Crippen molar-refractivity contribution in [2.75, 3.05) is 31.1 Å². The van der Waals surface area contributed by atoms with Crippen LogP contribution in [0.1, 0.15) is 35.7 Å². The molecule has 0 saturated heterocycles. The van der Waals surface area contributed by atoms with E-state index in [1.807, 2.05) is 31.2 Å². The van der Waals surface area contributed by atoms with Gasteiger partial charge in [0, 0.05) is 50.4 Å². The number of amides is 4. The summed E-state index contributed by atoms with van der Waals surface area (Å²) in [6, 6.07) is 13.7. The first-order chi connectivity index (χ1) is 18.4. The van der Waals surface area contributed by atoms with Crippen molar-refractivity contribution >= 4 is 35.1 Å². The summed E-state index contributed by atoms with van der Waals surface area (Å²) in [4.78, 5) is 42.2. The van der Waals surface area contributed by atoms with Gasteiger partial charge in [-0.1, -0.05) is 29.8 Å². The van der Waals surface area contributed by atoms with Crippen molar-refractivity contribution in [3.8, 4) is 5.69 Å². The standard InChI is InChI=1S/C27H31ClN6O4/c1-19-17-33(26(37)22-10-9-21(15-23(22)28)34-13-6-12-31-34)24-8-3-2-7-20(24)18-32(19)27(38)30-16-25(36)29-11-4-5-14-35/h2-3,6-10,12-13,15,19,35H,4-5,11,14,16-18H2,1H3,(H,29,36)(H,30,38)/t19-/m1/s1. The zero-order chi connectivity index (χ0) is 27.1. The Labute approximate surface area is 226 Å². The molecule has 2 aromatic carbocycles. The van der Waals surface area contributed by atoms with Crippen LogP contribution in [0.4, 0.5) is 10.5 Å². The number of nitrogens with zero attached hydrogens (tertiary/aromatic N) is 4. The van der Waals surface area contributed by atoms with Gasteiger partial charge in [-0.3, -0.25) is 9.59 Å². The Hall–Kier alpha value is -3.89. The third kappa shape index (κ3) is 6.32. The fourth-order valence-electron chi connectivity index (χ4n) is 4.34. The van der Waals surface area contributed by atoms with Crippen LogP contribution in [0.5, 0.6) is 0 Å². The number of aromatic nitrogens is 2. The van der Waals surface area contributed by atoms with Crippen molar-refractivity contribution in [2.24, 2.45) is 0 Å². The predicted molar refractivity (Wildman–Crippen MR) is 144 cm³/mol. The van der Waals surface area contributed by atoms with Crippen LogP contribution in [-0.4, -0.2) is 69.9 Å². The monoisotopic (exact) mass is 538 g/mol. The number of urea groups is 1. The van der Waals surface area contributed by atoms with Crippen LogP contribution in [0.15, 0.2) is 60.9 Å². The third-order valence-electron chi connectivity index (χ3n) is 6.37. The van der Waals surface area contributed by atoms with Crippen molar-refractivity contribution < 1.29 is 19.5 Å². The van der Waals surface area contributed by atoms with Gasteiger partial charge >= 0.3 is 6.03 Å². The highest BCUT2D eigenvalue weighted by atomic mass is 35.5. The van der Waals surface area contributed by atoms with Crippen molar-refractivity contribution in [2.45, 2.75) is 32.4 Å². The zero-order valence-corrected chi connectivity index (χ0v) is 21.9. The number of aliphatic hydroxyl groups excluding tert-OH is 1. The molecule has 4 amide bonds. The van der Waals surface area contributed by atoms with Crippen LogP contribution < -0.4 is 15.5 Å². The van der Waals surface area contributed by atoms with E-state index in [-0.39, 0.29) is 44.1 Å². The average molecular weight is 539 g/mol. The van der Waals surface area contributed by atoms with E-state index < -0.39 is 6.03 Å². The topological polar surface area (TPSA) is 120 Å². The molecule has 11 heteroatoms. The van der Waals surface area contributed by atoms with Gasteiger partial charge in [-0.25, -0.2) is 9.48 Å². The number of unbranched alkanes of at least 4 members (excludes halogenated alkanes) is 1. The largest absolute Gasteiger partial charge is 0.396 e. The number of hydrogen-bond acceptors (Lipinski definition) is 5. The first-order valence-corrected chi connectivity index (χ1v) is 12.9. The second kappa shape index (κ2) is 12.6. The van der Waals surface area contributed by atoms with Crippen LogP contribution >= 0.6 is 11.6 Å². The average Bonchev–Trinajstić information content (AvgIpc) is 3.41. The van der Waals surface area contributed by atoms with E-state index >= 15 is 0 Å². The molecule has 1 aliphatic rings. The highest BCUT2D eigenvalue weighted by Crippen LogP contribution is 2.30. The lowest BCUT2D eigenvalue weighted by molar-refractivity contribution is -0.120. The Bertz CT molecular complexity index is 1280. The molecule has 2 heterocycles. The van der Waals surface area contributed by atoms with E-state index in [0.29, 0.717) is 35.7 Å². The smallest absolute Gasteiger partial charge is 0.318 e. The van der Waals surface area contributed by atoms with Gasteiger partial charge in [0.2, 0.25) is 5.91 Å². The minimum Gasteiger partial charge on any atom is -0.396 e. The second-order valence-corrected chi connectivity index (χ2v) is 9.48. The van der Waals surface area contributed by atoms with Crippen molar-refractivity contribution in [1.82, 2.24) is 25.3 Å². The Morgan fingerprint density at radius 3 is 2.66 bits per heavy atom. The summed E-state index contributed by atoms with van der Waals surface area (Å²) in [6.07, 6.45) is 4.72. The van der Waals surface area contributed by atoms with Crippen molar-refractivity contribution in [3.63, 3.8) is 0 Å². The van der Waals surface area contributed by atoms with Crippen molar-refractivity contribution in [1.29, 1.82) is 0 Å². The maximum Gasteiger partial charge on any atom is 0.318 e. The number of fused-ring (bicyclic) bond motifs is 1. The molecule has 4 rings (SSSR count). The molecule has 0 spiro atoms. The van der Waals surface area contributed by atoms with E-state index in [1.165, 1.54) is 0 Å². The Morgan fingerprint density at radius 2 is 1.92 bits per heavy atom. The van der Waals surface area contributed by atoms with E-state index in [4.69, 9.17) is 16.7 Å². The third-order valence-corrected chi connectivity index (χ3v) is 6.68. The first-order valence-electron chi connectivity index (χ1n) is 12.5. The summed E-state index contributed by atoms with van der Waals surface area (Å²) in [5.74, 6) is -0.574. The Balaban J connectivity index is 1.49. The molecule has 3 aromatic rings. The molecule has 10 nitrogen and oxygen atoms in total. The van der Waals surface area contributed by atoms with Gasteiger partial charge in [0.15, 0.2) is 0 Å². The highest BCUT2D eigenvalue weighted by molar-refractivity contribution is 6.34. The van der Waals surface area contributed by atoms with Crippen LogP contribution in [0, 0.1) is 0 Å². The molecule has 1 aromatic heterocycles. The van der Waals surface area contributed by atoms with Gasteiger partial charge in [0.05, 0.1) is 22.8 Å². The molecule has 0 saturated carbocycles. The number of anilines is 1. The minimum atomic E-state index is -0.395. The molecule has 0 radical (unpaired) electrons.